The highest BCUT2D eigenvalue weighted by Gasteiger charge is 2.20. The van der Waals surface area contributed by atoms with Gasteiger partial charge in [0.05, 0.1) is 33.8 Å². The second-order valence-electron chi connectivity index (χ2n) is 14.2. The summed E-state index contributed by atoms with van der Waals surface area (Å²) >= 11 is 0. The Labute approximate surface area is 338 Å². The van der Waals surface area contributed by atoms with Gasteiger partial charge < -0.3 is 4.42 Å². The number of pyridine rings is 2. The molecule has 11 rings (SSSR count). The molecule has 8 heteroatoms. The van der Waals surface area contributed by atoms with Crippen LogP contribution in [-0.4, -0.2) is 34.9 Å². The highest BCUT2D eigenvalue weighted by molar-refractivity contribution is 5.95. The van der Waals surface area contributed by atoms with Crippen molar-refractivity contribution in [3.05, 3.63) is 188 Å². The molecule has 5 aromatic heterocycles. The van der Waals surface area contributed by atoms with Gasteiger partial charge in [0.25, 0.3) is 0 Å². The minimum absolute atomic E-state index is 0.463. The molecule has 0 unspecified atom stereocenters. The maximum Gasteiger partial charge on any atom is 0.227 e. The topological polar surface area (TPSA) is 103 Å². The zero-order chi connectivity index (χ0) is 39.1. The van der Waals surface area contributed by atoms with Crippen LogP contribution in [0.1, 0.15) is 0 Å². The van der Waals surface area contributed by atoms with Crippen LogP contribution in [0, 0.1) is 0 Å². The van der Waals surface area contributed by atoms with Crippen molar-refractivity contribution in [2.45, 2.75) is 0 Å². The summed E-state index contributed by atoms with van der Waals surface area (Å²) < 4.78 is 6.40. The van der Waals surface area contributed by atoms with Gasteiger partial charge in [0.1, 0.15) is 5.52 Å². The van der Waals surface area contributed by atoms with Crippen molar-refractivity contribution >= 4 is 32.9 Å². The minimum atomic E-state index is 0.463. The zero-order valence-electron chi connectivity index (χ0n) is 31.4. The first-order chi connectivity index (χ1) is 29.2. The number of fused-ring (bicyclic) bond motifs is 3. The van der Waals surface area contributed by atoms with Gasteiger partial charge in [0.15, 0.2) is 17.2 Å². The lowest BCUT2D eigenvalue weighted by atomic mass is 10.0. The molecule has 276 valence electrons. The molecule has 0 atom stereocenters. The average Bonchev–Trinajstić information content (AvgIpc) is 3.76. The minimum Gasteiger partial charge on any atom is -0.436 e. The molecule has 6 aromatic carbocycles. The van der Waals surface area contributed by atoms with Crippen LogP contribution < -0.4 is 0 Å². The largest absolute Gasteiger partial charge is 0.436 e. The zero-order valence-corrected chi connectivity index (χ0v) is 31.4. The fourth-order valence-electron chi connectivity index (χ4n) is 7.57. The molecule has 0 aliphatic rings. The van der Waals surface area contributed by atoms with Crippen molar-refractivity contribution in [1.29, 1.82) is 0 Å². The van der Waals surface area contributed by atoms with E-state index in [1.807, 2.05) is 122 Å². The van der Waals surface area contributed by atoms with Gasteiger partial charge in [0, 0.05) is 62.1 Å². The van der Waals surface area contributed by atoms with E-state index in [0.717, 1.165) is 89.0 Å². The van der Waals surface area contributed by atoms with Crippen LogP contribution >= 0.6 is 0 Å². The summed E-state index contributed by atoms with van der Waals surface area (Å²) in [4.78, 5) is 35.5. The molecule has 8 nitrogen and oxygen atoms in total. The Morgan fingerprint density at radius 3 is 1.36 bits per heavy atom. The van der Waals surface area contributed by atoms with E-state index in [1.165, 1.54) is 0 Å². The Morgan fingerprint density at radius 2 is 0.814 bits per heavy atom. The standard InChI is InChI=1S/C51H31N7O/c1-3-13-32(14-4-1)42-30-44(39-21-9-17-34-19-11-25-52-47(34)39)56-49(54-42)36-27-37(29-38(28-36)51-58-41-23-7-8-24-46(41)59-51)50-55-43(33-15-5-2-6-16-33)31-45(57-50)40-22-10-18-35-20-12-26-53-48(35)40/h1-31H. The van der Waals surface area contributed by atoms with Gasteiger partial charge in [-0.25, -0.2) is 24.9 Å². The Balaban J connectivity index is 1.17. The van der Waals surface area contributed by atoms with Gasteiger partial charge >= 0.3 is 0 Å². The molecule has 0 spiro atoms. The number of hydrogen-bond acceptors (Lipinski definition) is 8. The monoisotopic (exact) mass is 757 g/mol. The molecule has 0 N–H and O–H groups in total. The molecule has 0 bridgehead atoms. The van der Waals surface area contributed by atoms with E-state index in [2.05, 4.69) is 66.7 Å². The Kier molecular flexibility index (Phi) is 8.29. The molecule has 0 aliphatic carbocycles. The molecule has 0 radical (unpaired) electrons. The molecular weight excluding hydrogens is 727 g/mol. The predicted octanol–water partition coefficient (Wildman–Crippen LogP) is 12.2. The lowest BCUT2D eigenvalue weighted by Crippen LogP contribution is -1.99. The number of benzene rings is 6. The third-order valence-corrected chi connectivity index (χ3v) is 10.4. The summed E-state index contributed by atoms with van der Waals surface area (Å²) in [6, 6.07) is 58.6. The van der Waals surface area contributed by atoms with Gasteiger partial charge in [0.2, 0.25) is 5.89 Å². The van der Waals surface area contributed by atoms with Crippen LogP contribution in [0.15, 0.2) is 193 Å². The van der Waals surface area contributed by atoms with Crippen molar-refractivity contribution in [2.75, 3.05) is 0 Å². The maximum absolute atomic E-state index is 6.40. The fourth-order valence-corrected chi connectivity index (χ4v) is 7.57. The highest BCUT2D eigenvalue weighted by atomic mass is 16.3. The number of para-hydroxylation sites is 4. The van der Waals surface area contributed by atoms with Crippen LogP contribution in [0.25, 0.3) is 112 Å². The van der Waals surface area contributed by atoms with Crippen molar-refractivity contribution in [3.63, 3.8) is 0 Å². The lowest BCUT2D eigenvalue weighted by Gasteiger charge is -2.14. The third-order valence-electron chi connectivity index (χ3n) is 10.4. The third kappa shape index (κ3) is 6.44. The summed E-state index contributed by atoms with van der Waals surface area (Å²) in [5.41, 5.74) is 12.2. The fraction of sp³-hybridized carbons (Fsp3) is 0. The Morgan fingerprint density at radius 1 is 0.339 bits per heavy atom. The normalized spacial score (nSPS) is 11.4. The number of nitrogens with zero attached hydrogens (tertiary/aromatic N) is 7. The molecule has 0 saturated carbocycles. The second-order valence-corrected chi connectivity index (χ2v) is 14.2. The van der Waals surface area contributed by atoms with Crippen LogP contribution in [0.3, 0.4) is 0 Å². The van der Waals surface area contributed by atoms with E-state index in [4.69, 9.17) is 39.3 Å². The summed E-state index contributed by atoms with van der Waals surface area (Å²) in [6.45, 7) is 0. The molecular formula is C51H31N7O. The molecule has 5 heterocycles. The quantitative estimate of drug-likeness (QED) is 0.158. The van der Waals surface area contributed by atoms with Crippen LogP contribution in [0.2, 0.25) is 0 Å². The van der Waals surface area contributed by atoms with E-state index < -0.39 is 0 Å². The van der Waals surface area contributed by atoms with Crippen molar-refractivity contribution in [1.82, 2.24) is 34.9 Å². The number of rotatable bonds is 7. The first-order valence-corrected chi connectivity index (χ1v) is 19.3. The first-order valence-electron chi connectivity index (χ1n) is 19.3. The lowest BCUT2D eigenvalue weighted by molar-refractivity contribution is 0.620. The molecule has 0 amide bonds. The first kappa shape index (κ1) is 34.1. The van der Waals surface area contributed by atoms with Crippen molar-refractivity contribution in [3.8, 4) is 79.3 Å². The number of oxazole rings is 1. The molecule has 59 heavy (non-hydrogen) atoms. The highest BCUT2D eigenvalue weighted by Crippen LogP contribution is 2.37. The van der Waals surface area contributed by atoms with E-state index in [1.54, 1.807) is 0 Å². The van der Waals surface area contributed by atoms with Gasteiger partial charge in [-0.05, 0) is 54.6 Å². The Bertz CT molecular complexity index is 3120. The second kappa shape index (κ2) is 14.4. The molecule has 0 saturated heterocycles. The van der Waals surface area contributed by atoms with E-state index in [0.29, 0.717) is 23.1 Å². The van der Waals surface area contributed by atoms with Crippen LogP contribution in [0.5, 0.6) is 0 Å². The van der Waals surface area contributed by atoms with E-state index in [-0.39, 0.29) is 0 Å². The van der Waals surface area contributed by atoms with Crippen molar-refractivity contribution < 1.29 is 4.42 Å². The summed E-state index contributed by atoms with van der Waals surface area (Å²) in [5.74, 6) is 1.50. The summed E-state index contributed by atoms with van der Waals surface area (Å²) in [7, 11) is 0. The average molecular weight is 758 g/mol. The van der Waals surface area contributed by atoms with Crippen molar-refractivity contribution in [2.24, 2.45) is 0 Å². The Hall–Kier alpha value is -8.23. The summed E-state index contributed by atoms with van der Waals surface area (Å²) in [6.07, 6.45) is 3.63. The summed E-state index contributed by atoms with van der Waals surface area (Å²) in [5, 5.41) is 2.05. The van der Waals surface area contributed by atoms with E-state index >= 15 is 0 Å². The molecule has 0 fully saturated rings. The van der Waals surface area contributed by atoms with Gasteiger partial charge in [-0.2, -0.15) is 0 Å². The maximum atomic E-state index is 6.40. The number of aromatic nitrogens is 7. The van der Waals surface area contributed by atoms with E-state index in [9.17, 15) is 0 Å². The van der Waals surface area contributed by atoms with Crippen LogP contribution in [0.4, 0.5) is 0 Å². The number of hydrogen-bond donors (Lipinski definition) is 0. The van der Waals surface area contributed by atoms with Gasteiger partial charge in [-0.3, -0.25) is 9.97 Å². The predicted molar refractivity (Wildman–Crippen MR) is 234 cm³/mol. The molecule has 11 aromatic rings. The SMILES string of the molecule is c1ccc(-c2cc(-c3cccc4cccnc34)nc(-c3cc(-c4nc(-c5ccccc5)cc(-c5cccc6cccnc56)n4)cc(-c4nc5ccccc5o4)c3)n2)cc1. The van der Waals surface area contributed by atoms with Gasteiger partial charge in [-0.1, -0.05) is 121 Å². The van der Waals surface area contributed by atoms with Crippen LogP contribution in [-0.2, 0) is 0 Å². The van der Waals surface area contributed by atoms with Gasteiger partial charge in [-0.15, -0.1) is 0 Å². The molecule has 0 aliphatic heterocycles. The smallest absolute Gasteiger partial charge is 0.227 e.